The number of nitrogens with two attached hydrogens (primary N) is 1. The molecule has 0 aliphatic rings. The summed E-state index contributed by atoms with van der Waals surface area (Å²) in [5.74, 6) is -0.702. The van der Waals surface area contributed by atoms with Crippen molar-refractivity contribution < 1.29 is 31.1 Å². The van der Waals surface area contributed by atoms with E-state index in [0.717, 1.165) is 10.7 Å². The topological polar surface area (TPSA) is 86.7 Å². The molecular weight excluding hydrogens is 476 g/mol. The Kier molecular flexibility index (Phi) is 6.05. The zero-order valence-electron chi connectivity index (χ0n) is 17.6. The lowest BCUT2D eigenvalue weighted by molar-refractivity contribution is -0.143. The van der Waals surface area contributed by atoms with Crippen molar-refractivity contribution in [2.45, 2.75) is 18.9 Å². The largest absolute Gasteiger partial charge is 0.416 e. The summed E-state index contributed by atoms with van der Waals surface area (Å²) in [6.07, 6.45) is -2.81. The second kappa shape index (κ2) is 8.85. The third kappa shape index (κ3) is 5.15. The van der Waals surface area contributed by atoms with Gasteiger partial charge in [0.15, 0.2) is 0 Å². The molecule has 0 spiro atoms. The highest BCUT2D eigenvalue weighted by atomic mass is 19.4. The summed E-state index contributed by atoms with van der Waals surface area (Å²) in [6, 6.07) is 6.37. The predicted molar refractivity (Wildman–Crippen MR) is 113 cm³/mol. The number of hydrogen-bond donors (Lipinski definition) is 1. The van der Waals surface area contributed by atoms with E-state index < -0.39 is 35.9 Å². The van der Waals surface area contributed by atoms with E-state index in [9.17, 15) is 31.1 Å². The minimum atomic E-state index is -4.99. The van der Waals surface area contributed by atoms with Crippen molar-refractivity contribution in [3.63, 3.8) is 0 Å². The van der Waals surface area contributed by atoms with Gasteiger partial charge in [0.2, 0.25) is 5.91 Å². The highest BCUT2D eigenvalue weighted by Crippen LogP contribution is 2.38. The zero-order chi connectivity index (χ0) is 25.4. The van der Waals surface area contributed by atoms with Crippen LogP contribution in [0.4, 0.5) is 26.3 Å². The van der Waals surface area contributed by atoms with Crippen molar-refractivity contribution in [1.82, 2.24) is 19.7 Å². The fourth-order valence-electron chi connectivity index (χ4n) is 3.47. The van der Waals surface area contributed by atoms with Gasteiger partial charge in [-0.2, -0.15) is 31.4 Å². The maximum atomic E-state index is 13.5. The molecule has 0 unspecified atom stereocenters. The van der Waals surface area contributed by atoms with Crippen LogP contribution in [0.1, 0.15) is 27.0 Å². The molecule has 0 radical (unpaired) electrons. The summed E-state index contributed by atoms with van der Waals surface area (Å²) in [5.41, 5.74) is 4.17. The molecule has 0 saturated carbocycles. The van der Waals surface area contributed by atoms with E-state index in [-0.39, 0.29) is 17.2 Å². The second-order valence-corrected chi connectivity index (χ2v) is 7.52. The molecule has 4 aromatic rings. The lowest BCUT2D eigenvalue weighted by Crippen LogP contribution is -2.15. The third-order valence-electron chi connectivity index (χ3n) is 5.13. The molecule has 0 aliphatic carbocycles. The van der Waals surface area contributed by atoms with Crippen LogP contribution in [0.5, 0.6) is 0 Å². The molecule has 0 fully saturated rings. The number of hydrogen-bond acceptors (Lipinski definition) is 4. The number of aromatic nitrogens is 4. The molecule has 0 bridgehead atoms. The van der Waals surface area contributed by atoms with Crippen LogP contribution >= 0.6 is 0 Å². The number of primary amides is 1. The fourth-order valence-corrected chi connectivity index (χ4v) is 3.47. The summed E-state index contributed by atoms with van der Waals surface area (Å²) in [6.45, 7) is -0.436. The van der Waals surface area contributed by atoms with E-state index in [2.05, 4.69) is 15.1 Å². The summed E-state index contributed by atoms with van der Waals surface area (Å²) < 4.78 is 80.4. The number of amides is 1. The van der Waals surface area contributed by atoms with Crippen molar-refractivity contribution in [3.8, 4) is 22.4 Å². The monoisotopic (exact) mass is 491 g/mol. The standard InChI is InChI=1S/C23H15F6N5O/c24-22(25,26)17-4-3-14(19(7-17)23(27,28)29)11-34-12-16(10-33-34)20-18(13-2-1-5-31-8-13)6-15(9-32-20)21(30)35/h1-10,12H,11H2,(H2,30,35). The molecule has 35 heavy (non-hydrogen) atoms. The molecule has 180 valence electrons. The van der Waals surface area contributed by atoms with Crippen LogP contribution in [0.25, 0.3) is 22.4 Å². The Morgan fingerprint density at radius 2 is 1.71 bits per heavy atom. The van der Waals surface area contributed by atoms with E-state index in [1.54, 1.807) is 18.3 Å². The first kappa shape index (κ1) is 23.9. The average Bonchev–Trinajstić information content (AvgIpc) is 3.26. The maximum Gasteiger partial charge on any atom is 0.416 e. The molecule has 1 amide bonds. The molecule has 6 nitrogen and oxygen atoms in total. The van der Waals surface area contributed by atoms with Gasteiger partial charge in [0, 0.05) is 41.5 Å². The van der Waals surface area contributed by atoms with Crippen LogP contribution in [0.15, 0.2) is 67.4 Å². The van der Waals surface area contributed by atoms with Gasteiger partial charge in [0.25, 0.3) is 0 Å². The molecule has 12 heteroatoms. The number of rotatable bonds is 5. The Hall–Kier alpha value is -4.22. The number of carbonyl (C=O) groups is 1. The van der Waals surface area contributed by atoms with Gasteiger partial charge >= 0.3 is 12.4 Å². The first-order chi connectivity index (χ1) is 16.4. The minimum absolute atomic E-state index is 0.0877. The number of nitrogens with zero attached hydrogens (tertiary/aromatic N) is 4. The van der Waals surface area contributed by atoms with Crippen molar-refractivity contribution in [2.75, 3.05) is 0 Å². The van der Waals surface area contributed by atoms with Gasteiger partial charge in [-0.15, -0.1) is 0 Å². The lowest BCUT2D eigenvalue weighted by Gasteiger charge is -2.16. The number of benzene rings is 1. The number of carbonyl (C=O) groups excluding carboxylic acids is 1. The van der Waals surface area contributed by atoms with Gasteiger partial charge in [-0.05, 0) is 29.8 Å². The normalized spacial score (nSPS) is 12.1. The number of halogens is 6. The maximum absolute atomic E-state index is 13.5. The first-order valence-corrected chi connectivity index (χ1v) is 9.94. The van der Waals surface area contributed by atoms with Gasteiger partial charge in [-0.1, -0.05) is 12.1 Å². The van der Waals surface area contributed by atoms with Gasteiger partial charge in [0.05, 0.1) is 35.1 Å². The smallest absolute Gasteiger partial charge is 0.366 e. The quantitative estimate of drug-likeness (QED) is 0.389. The van der Waals surface area contributed by atoms with Crippen LogP contribution < -0.4 is 5.73 Å². The number of alkyl halides is 6. The molecule has 0 atom stereocenters. The van der Waals surface area contributed by atoms with Gasteiger partial charge < -0.3 is 5.73 Å². The highest BCUT2D eigenvalue weighted by Gasteiger charge is 2.38. The Morgan fingerprint density at radius 3 is 2.34 bits per heavy atom. The minimum Gasteiger partial charge on any atom is -0.366 e. The summed E-state index contributed by atoms with van der Waals surface area (Å²) in [5, 5.41) is 4.05. The van der Waals surface area contributed by atoms with E-state index in [1.807, 2.05) is 0 Å². The highest BCUT2D eigenvalue weighted by molar-refractivity contribution is 5.95. The Bertz CT molecular complexity index is 1380. The van der Waals surface area contributed by atoms with Crippen molar-refractivity contribution in [3.05, 3.63) is 89.6 Å². The van der Waals surface area contributed by atoms with E-state index in [1.165, 1.54) is 30.9 Å². The van der Waals surface area contributed by atoms with Crippen LogP contribution in [0.2, 0.25) is 0 Å². The zero-order valence-corrected chi connectivity index (χ0v) is 17.6. The lowest BCUT2D eigenvalue weighted by atomic mass is 10.0. The molecule has 0 saturated heterocycles. The van der Waals surface area contributed by atoms with Crippen molar-refractivity contribution in [2.24, 2.45) is 5.73 Å². The van der Waals surface area contributed by atoms with E-state index in [4.69, 9.17) is 5.73 Å². The molecule has 1 aromatic carbocycles. The van der Waals surface area contributed by atoms with Crippen LogP contribution in [-0.2, 0) is 18.9 Å². The summed E-state index contributed by atoms with van der Waals surface area (Å²) in [7, 11) is 0. The Morgan fingerprint density at radius 1 is 0.943 bits per heavy atom. The van der Waals surface area contributed by atoms with E-state index in [0.29, 0.717) is 28.5 Å². The Balaban J connectivity index is 1.73. The van der Waals surface area contributed by atoms with Gasteiger partial charge in [0.1, 0.15) is 0 Å². The molecule has 0 aliphatic heterocycles. The van der Waals surface area contributed by atoms with E-state index >= 15 is 0 Å². The van der Waals surface area contributed by atoms with Crippen molar-refractivity contribution in [1.29, 1.82) is 0 Å². The molecule has 3 heterocycles. The van der Waals surface area contributed by atoms with Gasteiger partial charge in [-0.25, -0.2) is 0 Å². The summed E-state index contributed by atoms with van der Waals surface area (Å²) in [4.78, 5) is 19.9. The van der Waals surface area contributed by atoms with Gasteiger partial charge in [-0.3, -0.25) is 19.4 Å². The molecule has 4 rings (SSSR count). The second-order valence-electron chi connectivity index (χ2n) is 7.52. The fraction of sp³-hybridized carbons (Fsp3) is 0.130. The van der Waals surface area contributed by atoms with Crippen LogP contribution in [0.3, 0.4) is 0 Å². The van der Waals surface area contributed by atoms with Crippen LogP contribution in [0, 0.1) is 0 Å². The molecule has 2 N–H and O–H groups in total. The average molecular weight is 491 g/mol. The SMILES string of the molecule is NC(=O)c1cnc(-c2cnn(Cc3ccc(C(F)(F)F)cc3C(F)(F)F)c2)c(-c2cccnc2)c1. The first-order valence-electron chi connectivity index (χ1n) is 9.94. The predicted octanol–water partition coefficient (Wildman–Crippen LogP) is 5.19. The van der Waals surface area contributed by atoms with Crippen LogP contribution in [-0.4, -0.2) is 25.7 Å². The van der Waals surface area contributed by atoms with Crippen molar-refractivity contribution >= 4 is 5.91 Å². The Labute approximate surface area is 194 Å². The third-order valence-corrected chi connectivity index (χ3v) is 5.13. The molecular formula is C23H15F6N5O. The summed E-state index contributed by atoms with van der Waals surface area (Å²) >= 11 is 0. The number of pyridine rings is 2. The molecule has 3 aromatic heterocycles.